The highest BCUT2D eigenvalue weighted by atomic mass is 32.1. The minimum Gasteiger partial charge on any atom is -0.312 e. The Labute approximate surface area is 102 Å². The van der Waals surface area contributed by atoms with Crippen LogP contribution in [-0.4, -0.2) is 6.54 Å². The van der Waals surface area contributed by atoms with E-state index in [1.165, 1.54) is 51.5 Å². The Morgan fingerprint density at radius 1 is 1.19 bits per heavy atom. The van der Waals surface area contributed by atoms with Gasteiger partial charge in [0.05, 0.1) is 0 Å². The van der Waals surface area contributed by atoms with Crippen molar-refractivity contribution >= 4 is 11.3 Å². The Kier molecular flexibility index (Phi) is 3.30. The summed E-state index contributed by atoms with van der Waals surface area (Å²) in [4.78, 5) is 3.22. The van der Waals surface area contributed by atoms with Gasteiger partial charge in [0, 0.05) is 16.3 Å². The molecule has 1 heterocycles. The lowest BCUT2D eigenvalue weighted by molar-refractivity contribution is 0.491. The van der Waals surface area contributed by atoms with Crippen LogP contribution in [0.25, 0.3) is 0 Å². The predicted octanol–water partition coefficient (Wildman–Crippen LogP) is 3.52. The number of hydrogen-bond acceptors (Lipinski definition) is 2. The summed E-state index contributed by atoms with van der Waals surface area (Å²) in [5, 5.41) is 3.64. The second-order valence-corrected chi connectivity index (χ2v) is 6.52. The maximum atomic E-state index is 3.64. The molecule has 3 rings (SSSR count). The highest BCUT2D eigenvalue weighted by Crippen LogP contribution is 2.30. The van der Waals surface area contributed by atoms with Gasteiger partial charge in [0.25, 0.3) is 0 Å². The van der Waals surface area contributed by atoms with E-state index in [1.54, 1.807) is 15.3 Å². The van der Waals surface area contributed by atoms with Gasteiger partial charge in [-0.25, -0.2) is 0 Å². The van der Waals surface area contributed by atoms with Crippen LogP contribution in [0.4, 0.5) is 0 Å². The normalized spacial score (nSPS) is 20.5. The molecular formula is C14H21NS. The third-order valence-electron chi connectivity index (χ3n) is 4.00. The van der Waals surface area contributed by atoms with Gasteiger partial charge < -0.3 is 5.32 Å². The number of fused-ring (bicyclic) bond motifs is 1. The highest BCUT2D eigenvalue weighted by Gasteiger charge is 2.16. The van der Waals surface area contributed by atoms with E-state index in [0.717, 1.165) is 12.5 Å². The summed E-state index contributed by atoms with van der Waals surface area (Å²) in [5.74, 6) is 0.965. The standard InChI is InChI=1S/C14H21NS/c1-2-5-11(4-1)9-15-10-13-8-12-6-3-7-14(12)16-13/h8,11,15H,1-7,9-10H2. The summed E-state index contributed by atoms with van der Waals surface area (Å²) in [6.45, 7) is 2.34. The monoisotopic (exact) mass is 235 g/mol. The van der Waals surface area contributed by atoms with Gasteiger partial charge in [0.1, 0.15) is 0 Å². The number of nitrogens with one attached hydrogen (secondary N) is 1. The lowest BCUT2D eigenvalue weighted by Gasteiger charge is -2.09. The molecule has 2 heteroatoms. The van der Waals surface area contributed by atoms with Gasteiger partial charge in [-0.05, 0) is 56.2 Å². The third kappa shape index (κ3) is 2.33. The molecule has 16 heavy (non-hydrogen) atoms. The van der Waals surface area contributed by atoms with Gasteiger partial charge in [-0.1, -0.05) is 12.8 Å². The van der Waals surface area contributed by atoms with Gasteiger partial charge in [-0.2, -0.15) is 0 Å². The molecule has 1 aromatic heterocycles. The SMILES string of the molecule is c1c(CNCC2CCCC2)sc2c1CCC2. The number of thiophene rings is 1. The van der Waals surface area contributed by atoms with E-state index in [2.05, 4.69) is 11.4 Å². The van der Waals surface area contributed by atoms with E-state index in [0.29, 0.717) is 0 Å². The van der Waals surface area contributed by atoms with Crippen molar-refractivity contribution in [2.24, 2.45) is 5.92 Å². The maximum Gasteiger partial charge on any atom is 0.0300 e. The largest absolute Gasteiger partial charge is 0.312 e. The van der Waals surface area contributed by atoms with E-state index < -0.39 is 0 Å². The molecular weight excluding hydrogens is 214 g/mol. The molecule has 88 valence electrons. The van der Waals surface area contributed by atoms with E-state index in [1.807, 2.05) is 11.3 Å². The molecule has 0 saturated heterocycles. The first-order valence-corrected chi connectivity index (χ1v) is 7.54. The molecule has 0 unspecified atom stereocenters. The van der Waals surface area contributed by atoms with Crippen molar-refractivity contribution in [2.45, 2.75) is 51.5 Å². The minimum atomic E-state index is 0.965. The Hall–Kier alpha value is -0.340. The quantitative estimate of drug-likeness (QED) is 0.842. The molecule has 0 radical (unpaired) electrons. The van der Waals surface area contributed by atoms with Crippen LogP contribution in [0, 0.1) is 5.92 Å². The Morgan fingerprint density at radius 2 is 2.06 bits per heavy atom. The lowest BCUT2D eigenvalue weighted by atomic mass is 10.1. The van der Waals surface area contributed by atoms with Crippen LogP contribution in [0.2, 0.25) is 0 Å². The van der Waals surface area contributed by atoms with Crippen molar-refractivity contribution in [3.8, 4) is 0 Å². The fourth-order valence-electron chi connectivity index (χ4n) is 3.09. The van der Waals surface area contributed by atoms with Crippen molar-refractivity contribution in [3.63, 3.8) is 0 Å². The van der Waals surface area contributed by atoms with Crippen molar-refractivity contribution < 1.29 is 0 Å². The first kappa shape index (κ1) is 10.8. The third-order valence-corrected chi connectivity index (χ3v) is 5.24. The van der Waals surface area contributed by atoms with Gasteiger partial charge in [-0.3, -0.25) is 0 Å². The van der Waals surface area contributed by atoms with Gasteiger partial charge in [0.15, 0.2) is 0 Å². The van der Waals surface area contributed by atoms with Crippen LogP contribution in [0.5, 0.6) is 0 Å². The number of aryl methyl sites for hydroxylation is 2. The molecule has 1 N–H and O–H groups in total. The first-order valence-electron chi connectivity index (χ1n) is 6.73. The van der Waals surface area contributed by atoms with Gasteiger partial charge >= 0.3 is 0 Å². The van der Waals surface area contributed by atoms with Crippen molar-refractivity contribution in [1.82, 2.24) is 5.32 Å². The van der Waals surface area contributed by atoms with E-state index in [4.69, 9.17) is 0 Å². The summed E-state index contributed by atoms with van der Waals surface area (Å²) >= 11 is 2.04. The topological polar surface area (TPSA) is 12.0 Å². The van der Waals surface area contributed by atoms with Crippen LogP contribution in [0.3, 0.4) is 0 Å². The smallest absolute Gasteiger partial charge is 0.0300 e. The fraction of sp³-hybridized carbons (Fsp3) is 0.714. The van der Waals surface area contributed by atoms with Crippen LogP contribution in [0.1, 0.15) is 47.4 Å². The molecule has 1 fully saturated rings. The Bertz CT molecular complexity index is 328. The molecule has 0 spiro atoms. The molecule has 2 aliphatic carbocycles. The molecule has 2 aliphatic rings. The van der Waals surface area contributed by atoms with E-state index >= 15 is 0 Å². The number of hydrogen-bond donors (Lipinski definition) is 1. The van der Waals surface area contributed by atoms with Crippen LogP contribution < -0.4 is 5.32 Å². The Morgan fingerprint density at radius 3 is 2.88 bits per heavy atom. The van der Waals surface area contributed by atoms with Crippen molar-refractivity contribution in [1.29, 1.82) is 0 Å². The highest BCUT2D eigenvalue weighted by molar-refractivity contribution is 7.12. The zero-order valence-electron chi connectivity index (χ0n) is 9.93. The molecule has 1 saturated carbocycles. The molecule has 0 atom stereocenters. The summed E-state index contributed by atoms with van der Waals surface area (Å²) in [7, 11) is 0. The minimum absolute atomic E-state index is 0.965. The van der Waals surface area contributed by atoms with Gasteiger partial charge in [-0.15, -0.1) is 11.3 Å². The second-order valence-electron chi connectivity index (χ2n) is 5.30. The summed E-state index contributed by atoms with van der Waals surface area (Å²) in [6, 6.07) is 2.44. The lowest BCUT2D eigenvalue weighted by Crippen LogP contribution is -2.20. The molecule has 1 aromatic rings. The maximum absolute atomic E-state index is 3.64. The molecule has 1 nitrogen and oxygen atoms in total. The molecule has 0 aliphatic heterocycles. The van der Waals surface area contributed by atoms with E-state index in [-0.39, 0.29) is 0 Å². The van der Waals surface area contributed by atoms with Crippen molar-refractivity contribution in [3.05, 3.63) is 21.4 Å². The Balaban J connectivity index is 1.47. The molecule has 0 amide bonds. The number of rotatable bonds is 4. The summed E-state index contributed by atoms with van der Waals surface area (Å²) in [5.41, 5.74) is 1.64. The van der Waals surface area contributed by atoms with Crippen LogP contribution in [-0.2, 0) is 19.4 Å². The molecule has 0 aromatic carbocycles. The zero-order valence-corrected chi connectivity index (χ0v) is 10.7. The average molecular weight is 235 g/mol. The molecule has 0 bridgehead atoms. The average Bonchev–Trinajstić information content (AvgIpc) is 2.91. The van der Waals surface area contributed by atoms with Crippen LogP contribution in [0.15, 0.2) is 6.07 Å². The summed E-state index contributed by atoms with van der Waals surface area (Å²) < 4.78 is 0. The summed E-state index contributed by atoms with van der Waals surface area (Å²) in [6.07, 6.45) is 9.87. The zero-order chi connectivity index (χ0) is 10.8. The van der Waals surface area contributed by atoms with Crippen LogP contribution >= 0.6 is 11.3 Å². The second kappa shape index (κ2) is 4.89. The van der Waals surface area contributed by atoms with E-state index in [9.17, 15) is 0 Å². The van der Waals surface area contributed by atoms with Gasteiger partial charge in [0.2, 0.25) is 0 Å². The van der Waals surface area contributed by atoms with Crippen molar-refractivity contribution in [2.75, 3.05) is 6.54 Å². The predicted molar refractivity (Wildman–Crippen MR) is 70.0 cm³/mol. The first-order chi connectivity index (χ1) is 7.92. The fourth-order valence-corrected chi connectivity index (χ4v) is 4.32.